The molecule has 7 heteroatoms. The van der Waals surface area contributed by atoms with Gasteiger partial charge in [0.2, 0.25) is 5.88 Å². The van der Waals surface area contributed by atoms with Crippen molar-refractivity contribution in [2.24, 2.45) is 0 Å². The van der Waals surface area contributed by atoms with Gasteiger partial charge in [-0.2, -0.15) is 4.98 Å². The number of ether oxygens (including phenoxy) is 2. The lowest BCUT2D eigenvalue weighted by Gasteiger charge is -2.05. The number of nitrogens with zero attached hydrogens (tertiary/aromatic N) is 2. The highest BCUT2D eigenvalue weighted by molar-refractivity contribution is 9.10. The fraction of sp³-hybridized carbons (Fsp3) is 0.429. The average Bonchev–Trinajstić information content (AvgIpc) is 2.16. The number of aromatic nitrogens is 2. The summed E-state index contributed by atoms with van der Waals surface area (Å²) in [6, 6.07) is -0.134. The largest absolute Gasteiger partial charge is 0.480 e. The molecule has 0 spiro atoms. The van der Waals surface area contributed by atoms with Crippen LogP contribution in [0.25, 0.3) is 0 Å². The predicted molar refractivity (Wildman–Crippen MR) is 47.8 cm³/mol. The van der Waals surface area contributed by atoms with E-state index in [9.17, 15) is 8.78 Å². The first kappa shape index (κ1) is 11.1. The molecule has 1 heterocycles. The molecule has 1 aromatic rings. The van der Waals surface area contributed by atoms with Gasteiger partial charge in [0.1, 0.15) is 0 Å². The number of alkyl halides is 2. The maximum atomic E-state index is 11.8. The van der Waals surface area contributed by atoms with Crippen LogP contribution in [0.15, 0.2) is 10.7 Å². The smallest absolute Gasteiger partial charge is 0.319 e. The fourth-order valence-electron chi connectivity index (χ4n) is 0.686. The third-order valence-corrected chi connectivity index (χ3v) is 1.77. The van der Waals surface area contributed by atoms with Crippen molar-refractivity contribution in [1.29, 1.82) is 0 Å². The average molecular weight is 269 g/mol. The van der Waals surface area contributed by atoms with Gasteiger partial charge < -0.3 is 9.47 Å². The molecule has 1 rings (SSSR count). The Balaban J connectivity index is 2.69. The Hall–Kier alpha value is -0.980. The SMILES string of the molecule is COc1nc(OCC(F)F)ncc1Br. The van der Waals surface area contributed by atoms with Crippen LogP contribution >= 0.6 is 15.9 Å². The minimum absolute atomic E-state index is 0.134. The zero-order chi connectivity index (χ0) is 10.6. The van der Waals surface area contributed by atoms with Crippen molar-refractivity contribution in [3.05, 3.63) is 10.7 Å². The van der Waals surface area contributed by atoms with Gasteiger partial charge in [-0.15, -0.1) is 0 Å². The van der Waals surface area contributed by atoms with Gasteiger partial charge in [0.25, 0.3) is 6.43 Å². The number of hydrogen-bond donors (Lipinski definition) is 0. The molecule has 0 aromatic carbocycles. The maximum absolute atomic E-state index is 11.8. The predicted octanol–water partition coefficient (Wildman–Crippen LogP) is 1.89. The lowest BCUT2D eigenvalue weighted by atomic mass is 10.6. The number of methoxy groups -OCH3 is 1. The van der Waals surface area contributed by atoms with Gasteiger partial charge in [0.05, 0.1) is 17.8 Å². The molecular weight excluding hydrogens is 262 g/mol. The number of hydrogen-bond acceptors (Lipinski definition) is 4. The summed E-state index contributed by atoms with van der Waals surface area (Å²) in [5.74, 6) is 0.240. The van der Waals surface area contributed by atoms with Gasteiger partial charge in [-0.25, -0.2) is 13.8 Å². The highest BCUT2D eigenvalue weighted by atomic mass is 79.9. The fourth-order valence-corrected chi connectivity index (χ4v) is 1.04. The molecule has 0 fully saturated rings. The second-order valence-corrected chi connectivity index (χ2v) is 3.07. The molecule has 0 aliphatic rings. The molecule has 0 radical (unpaired) electrons. The lowest BCUT2D eigenvalue weighted by molar-refractivity contribution is 0.0765. The molecule has 0 amide bonds. The van der Waals surface area contributed by atoms with Crippen LogP contribution in [-0.2, 0) is 0 Å². The number of rotatable bonds is 4. The van der Waals surface area contributed by atoms with Crippen LogP contribution in [0.5, 0.6) is 11.9 Å². The van der Waals surface area contributed by atoms with Crippen molar-refractivity contribution in [3.63, 3.8) is 0 Å². The Morgan fingerprint density at radius 3 is 2.86 bits per heavy atom. The molecule has 0 bridgehead atoms. The van der Waals surface area contributed by atoms with Crippen LogP contribution in [-0.4, -0.2) is 30.1 Å². The third kappa shape index (κ3) is 3.06. The normalized spacial score (nSPS) is 10.4. The molecule has 0 saturated carbocycles. The van der Waals surface area contributed by atoms with Gasteiger partial charge in [-0.05, 0) is 15.9 Å². The van der Waals surface area contributed by atoms with E-state index in [2.05, 4.69) is 30.6 Å². The molecule has 0 aliphatic carbocycles. The van der Waals surface area contributed by atoms with Gasteiger partial charge in [-0.1, -0.05) is 0 Å². The van der Waals surface area contributed by atoms with E-state index in [-0.39, 0.29) is 11.9 Å². The van der Waals surface area contributed by atoms with Gasteiger partial charge in [0, 0.05) is 0 Å². The summed E-state index contributed by atoms with van der Waals surface area (Å²) in [5.41, 5.74) is 0. The van der Waals surface area contributed by atoms with E-state index >= 15 is 0 Å². The molecule has 1 aromatic heterocycles. The molecule has 0 N–H and O–H groups in total. The van der Waals surface area contributed by atoms with E-state index in [0.717, 1.165) is 0 Å². The summed E-state index contributed by atoms with van der Waals surface area (Å²) in [5, 5.41) is 0. The van der Waals surface area contributed by atoms with Crippen LogP contribution in [0, 0.1) is 0 Å². The summed E-state index contributed by atoms with van der Waals surface area (Å²) in [4.78, 5) is 7.39. The second-order valence-electron chi connectivity index (χ2n) is 2.21. The minimum Gasteiger partial charge on any atom is -0.480 e. The van der Waals surface area contributed by atoms with E-state index in [4.69, 9.17) is 4.74 Å². The van der Waals surface area contributed by atoms with Gasteiger partial charge in [0.15, 0.2) is 6.61 Å². The maximum Gasteiger partial charge on any atom is 0.319 e. The Bertz CT molecular complexity index is 312. The van der Waals surface area contributed by atoms with Crippen molar-refractivity contribution >= 4 is 15.9 Å². The van der Waals surface area contributed by atoms with Crippen molar-refractivity contribution in [2.75, 3.05) is 13.7 Å². The van der Waals surface area contributed by atoms with Crippen LogP contribution in [0.1, 0.15) is 0 Å². The Morgan fingerprint density at radius 2 is 2.29 bits per heavy atom. The van der Waals surface area contributed by atoms with Crippen LogP contribution in [0.2, 0.25) is 0 Å². The molecule has 78 valence electrons. The van der Waals surface area contributed by atoms with Gasteiger partial charge >= 0.3 is 6.01 Å². The van der Waals surface area contributed by atoms with E-state index in [0.29, 0.717) is 4.47 Å². The van der Waals surface area contributed by atoms with E-state index in [1.165, 1.54) is 13.3 Å². The van der Waals surface area contributed by atoms with Gasteiger partial charge in [-0.3, -0.25) is 0 Å². The highest BCUT2D eigenvalue weighted by Crippen LogP contribution is 2.22. The van der Waals surface area contributed by atoms with Crippen molar-refractivity contribution < 1.29 is 18.3 Å². The summed E-state index contributed by atoms with van der Waals surface area (Å²) in [7, 11) is 1.41. The molecule has 0 atom stereocenters. The van der Waals surface area contributed by atoms with E-state index in [1.54, 1.807) is 0 Å². The summed E-state index contributed by atoms with van der Waals surface area (Å²) >= 11 is 3.12. The first-order valence-electron chi connectivity index (χ1n) is 3.61. The Morgan fingerprint density at radius 1 is 1.57 bits per heavy atom. The first-order valence-corrected chi connectivity index (χ1v) is 4.40. The monoisotopic (exact) mass is 268 g/mol. The third-order valence-electron chi connectivity index (χ3n) is 1.22. The van der Waals surface area contributed by atoms with Crippen LogP contribution in [0.4, 0.5) is 8.78 Å². The highest BCUT2D eigenvalue weighted by Gasteiger charge is 2.08. The second kappa shape index (κ2) is 5.04. The molecule has 4 nitrogen and oxygen atoms in total. The molecule has 0 aliphatic heterocycles. The number of halogens is 3. The summed E-state index contributed by atoms with van der Waals surface area (Å²) in [6.07, 6.45) is -1.18. The quantitative estimate of drug-likeness (QED) is 0.837. The molecular formula is C7H7BrF2N2O2. The van der Waals surface area contributed by atoms with Crippen molar-refractivity contribution in [1.82, 2.24) is 9.97 Å². The topological polar surface area (TPSA) is 44.2 Å². The molecule has 14 heavy (non-hydrogen) atoms. The van der Waals surface area contributed by atoms with Crippen LogP contribution in [0.3, 0.4) is 0 Å². The standard InChI is InChI=1S/C7H7BrF2N2O2/c1-13-6-4(8)2-11-7(12-6)14-3-5(9)10/h2,5H,3H2,1H3. The van der Waals surface area contributed by atoms with Crippen molar-refractivity contribution in [3.8, 4) is 11.9 Å². The first-order chi connectivity index (χ1) is 6.63. The molecule has 0 unspecified atom stereocenters. The van der Waals surface area contributed by atoms with Crippen LogP contribution < -0.4 is 9.47 Å². The molecule has 0 saturated heterocycles. The van der Waals surface area contributed by atoms with E-state index < -0.39 is 13.0 Å². The zero-order valence-corrected chi connectivity index (χ0v) is 8.79. The zero-order valence-electron chi connectivity index (χ0n) is 7.21. The Kier molecular flexibility index (Phi) is 3.99. The van der Waals surface area contributed by atoms with Crippen molar-refractivity contribution in [2.45, 2.75) is 6.43 Å². The summed E-state index contributed by atoms with van der Waals surface area (Å²) in [6.45, 7) is -0.731. The lowest BCUT2D eigenvalue weighted by Crippen LogP contribution is -2.09. The summed E-state index contributed by atoms with van der Waals surface area (Å²) < 4.78 is 33.5. The minimum atomic E-state index is -2.55. The van der Waals surface area contributed by atoms with E-state index in [1.807, 2.05) is 0 Å². The Labute approximate surface area is 87.4 Å².